The van der Waals surface area contributed by atoms with Crippen molar-refractivity contribution in [3.05, 3.63) is 0 Å². The smallest absolute Gasteiger partial charge is 0.393 e. The summed E-state index contributed by atoms with van der Waals surface area (Å²) in [5.74, 6) is 0.722. The number of thioether (sulfide) groups is 1. The quantitative estimate of drug-likeness (QED) is 0.825. The summed E-state index contributed by atoms with van der Waals surface area (Å²) in [4.78, 5) is 0. The number of alkyl halides is 3. The molecule has 1 fully saturated rings. The number of hydrogen-bond acceptors (Lipinski definition) is 2. The van der Waals surface area contributed by atoms with Gasteiger partial charge in [0.15, 0.2) is 0 Å². The third-order valence-corrected chi connectivity index (χ3v) is 4.15. The normalized spacial score (nSPS) is 31.7. The second-order valence-corrected chi connectivity index (χ2v) is 5.66. The molecule has 1 aliphatic carbocycles. The summed E-state index contributed by atoms with van der Waals surface area (Å²) >= 11 is 0.0270. The maximum absolute atomic E-state index is 12.0. The van der Waals surface area contributed by atoms with Crippen LogP contribution in [0.15, 0.2) is 0 Å². The van der Waals surface area contributed by atoms with Crippen molar-refractivity contribution in [3.63, 3.8) is 0 Å². The Morgan fingerprint density at radius 1 is 1.31 bits per heavy atom. The van der Waals surface area contributed by atoms with Crippen LogP contribution in [0.4, 0.5) is 13.2 Å². The number of rotatable bonds is 4. The molecule has 0 aromatic rings. The molecule has 0 aromatic heterocycles. The Hall–Kier alpha value is 0.100. The number of aliphatic hydroxyl groups is 1. The average Bonchev–Trinajstić information content (AvgIpc) is 2.19. The third kappa shape index (κ3) is 4.95. The maximum atomic E-state index is 12.0. The fourth-order valence-electron chi connectivity index (χ4n) is 2.35. The zero-order chi connectivity index (χ0) is 12.2. The standard InChI is InChI=1S/C11H19F3OS/c1-2-8-3-4-10(15)9(7-8)5-6-16-11(12,13)14/h8-10,15H,2-7H2,1H3. The van der Waals surface area contributed by atoms with E-state index >= 15 is 0 Å². The highest BCUT2D eigenvalue weighted by atomic mass is 32.2. The molecule has 1 rings (SSSR count). The van der Waals surface area contributed by atoms with Gasteiger partial charge in [0.1, 0.15) is 0 Å². The van der Waals surface area contributed by atoms with Crippen molar-refractivity contribution in [3.8, 4) is 0 Å². The molecular weight excluding hydrogens is 237 g/mol. The van der Waals surface area contributed by atoms with E-state index in [2.05, 4.69) is 6.92 Å². The van der Waals surface area contributed by atoms with E-state index in [1.807, 2.05) is 0 Å². The van der Waals surface area contributed by atoms with E-state index in [0.717, 1.165) is 25.7 Å². The molecule has 5 heteroatoms. The fraction of sp³-hybridized carbons (Fsp3) is 1.00. The minimum Gasteiger partial charge on any atom is -0.393 e. The van der Waals surface area contributed by atoms with Gasteiger partial charge in [-0.2, -0.15) is 13.2 Å². The van der Waals surface area contributed by atoms with Crippen LogP contribution in [0.3, 0.4) is 0 Å². The van der Waals surface area contributed by atoms with Gasteiger partial charge in [-0.15, -0.1) is 0 Å². The van der Waals surface area contributed by atoms with Crippen LogP contribution in [0.1, 0.15) is 39.0 Å². The van der Waals surface area contributed by atoms with Crippen molar-refractivity contribution >= 4 is 11.8 Å². The molecule has 0 bridgehead atoms. The van der Waals surface area contributed by atoms with Crippen LogP contribution in [-0.2, 0) is 0 Å². The molecule has 0 aliphatic heterocycles. The van der Waals surface area contributed by atoms with Gasteiger partial charge in [0.2, 0.25) is 0 Å². The van der Waals surface area contributed by atoms with Gasteiger partial charge < -0.3 is 5.11 Å². The predicted molar refractivity (Wildman–Crippen MR) is 60.3 cm³/mol. The average molecular weight is 256 g/mol. The van der Waals surface area contributed by atoms with Crippen molar-refractivity contribution in [2.75, 3.05) is 5.75 Å². The van der Waals surface area contributed by atoms with Gasteiger partial charge in [0, 0.05) is 5.75 Å². The highest BCUT2D eigenvalue weighted by Gasteiger charge is 2.31. The lowest BCUT2D eigenvalue weighted by atomic mass is 9.77. The summed E-state index contributed by atoms with van der Waals surface area (Å²) in [6.45, 7) is 2.10. The summed E-state index contributed by atoms with van der Waals surface area (Å²) < 4.78 is 35.9. The molecule has 0 heterocycles. The SMILES string of the molecule is CCC1CCC(O)C(CCSC(F)(F)F)C1. The first-order valence-electron chi connectivity index (χ1n) is 5.81. The molecule has 1 aliphatic rings. The fourth-order valence-corrected chi connectivity index (χ4v) is 3.00. The maximum Gasteiger partial charge on any atom is 0.441 e. The molecule has 0 amide bonds. The second-order valence-electron chi connectivity index (χ2n) is 4.50. The van der Waals surface area contributed by atoms with Crippen LogP contribution in [0.25, 0.3) is 0 Å². The summed E-state index contributed by atoms with van der Waals surface area (Å²) in [6.07, 6.45) is 3.80. The molecular formula is C11H19F3OS. The molecule has 96 valence electrons. The Bertz CT molecular complexity index is 208. The van der Waals surface area contributed by atoms with Gasteiger partial charge in [-0.05, 0) is 37.5 Å². The van der Waals surface area contributed by atoms with Gasteiger partial charge in [-0.3, -0.25) is 0 Å². The zero-order valence-electron chi connectivity index (χ0n) is 9.46. The lowest BCUT2D eigenvalue weighted by Gasteiger charge is -2.32. The van der Waals surface area contributed by atoms with Gasteiger partial charge >= 0.3 is 5.51 Å². The Balaban J connectivity index is 2.28. The third-order valence-electron chi connectivity index (χ3n) is 3.38. The largest absolute Gasteiger partial charge is 0.441 e. The van der Waals surface area contributed by atoms with Crippen LogP contribution in [0.2, 0.25) is 0 Å². The van der Waals surface area contributed by atoms with Crippen molar-refractivity contribution < 1.29 is 18.3 Å². The first kappa shape index (κ1) is 14.2. The number of halogens is 3. The van der Waals surface area contributed by atoms with Crippen molar-refractivity contribution in [2.45, 2.75) is 50.6 Å². The zero-order valence-corrected chi connectivity index (χ0v) is 10.3. The van der Waals surface area contributed by atoms with Crippen LogP contribution in [0.5, 0.6) is 0 Å². The Kier molecular flexibility index (Phi) is 5.44. The van der Waals surface area contributed by atoms with Gasteiger partial charge in [-0.25, -0.2) is 0 Å². The Morgan fingerprint density at radius 2 is 2.00 bits per heavy atom. The molecule has 3 atom stereocenters. The van der Waals surface area contributed by atoms with Crippen LogP contribution in [0, 0.1) is 11.8 Å². The van der Waals surface area contributed by atoms with E-state index in [-0.39, 0.29) is 23.4 Å². The van der Waals surface area contributed by atoms with Crippen molar-refractivity contribution in [1.29, 1.82) is 0 Å². The van der Waals surface area contributed by atoms with Gasteiger partial charge in [0.05, 0.1) is 6.10 Å². The number of hydrogen-bond donors (Lipinski definition) is 1. The molecule has 1 saturated carbocycles. The van der Waals surface area contributed by atoms with E-state index in [4.69, 9.17) is 0 Å². The summed E-state index contributed by atoms with van der Waals surface area (Å²) in [6, 6.07) is 0. The summed E-state index contributed by atoms with van der Waals surface area (Å²) in [7, 11) is 0. The van der Waals surface area contributed by atoms with E-state index in [1.165, 1.54) is 0 Å². The van der Waals surface area contributed by atoms with E-state index in [1.54, 1.807) is 0 Å². The number of aliphatic hydroxyl groups excluding tert-OH is 1. The lowest BCUT2D eigenvalue weighted by Crippen LogP contribution is -2.29. The lowest BCUT2D eigenvalue weighted by molar-refractivity contribution is -0.0330. The highest BCUT2D eigenvalue weighted by Crippen LogP contribution is 2.36. The minimum atomic E-state index is -4.14. The second kappa shape index (κ2) is 6.15. The summed E-state index contributed by atoms with van der Waals surface area (Å²) in [5.41, 5.74) is -4.14. The molecule has 0 spiro atoms. The van der Waals surface area contributed by atoms with Crippen molar-refractivity contribution in [1.82, 2.24) is 0 Å². The monoisotopic (exact) mass is 256 g/mol. The van der Waals surface area contributed by atoms with Crippen LogP contribution < -0.4 is 0 Å². The van der Waals surface area contributed by atoms with Gasteiger partial charge in [-0.1, -0.05) is 25.1 Å². The van der Waals surface area contributed by atoms with Crippen LogP contribution in [-0.4, -0.2) is 22.5 Å². The minimum absolute atomic E-state index is 0.0270. The molecule has 0 radical (unpaired) electrons. The molecule has 0 saturated heterocycles. The first-order chi connectivity index (χ1) is 7.42. The van der Waals surface area contributed by atoms with Crippen LogP contribution >= 0.6 is 11.8 Å². The molecule has 3 unspecified atom stereocenters. The molecule has 0 aromatic carbocycles. The predicted octanol–water partition coefficient (Wildman–Crippen LogP) is 3.82. The Labute approximate surface area is 98.8 Å². The Morgan fingerprint density at radius 3 is 2.56 bits per heavy atom. The topological polar surface area (TPSA) is 20.2 Å². The molecule has 1 nitrogen and oxygen atoms in total. The van der Waals surface area contributed by atoms with E-state index in [0.29, 0.717) is 12.3 Å². The van der Waals surface area contributed by atoms with E-state index in [9.17, 15) is 18.3 Å². The first-order valence-corrected chi connectivity index (χ1v) is 6.79. The molecule has 16 heavy (non-hydrogen) atoms. The molecule has 1 N–H and O–H groups in total. The highest BCUT2D eigenvalue weighted by molar-refractivity contribution is 8.00. The van der Waals surface area contributed by atoms with Gasteiger partial charge in [0.25, 0.3) is 0 Å². The van der Waals surface area contributed by atoms with E-state index < -0.39 is 11.6 Å². The van der Waals surface area contributed by atoms with Crippen molar-refractivity contribution in [2.24, 2.45) is 11.8 Å². The summed E-state index contributed by atoms with van der Waals surface area (Å²) in [5, 5.41) is 9.72.